The number of aliphatic carboxylic acids is 1. The molecule has 0 saturated heterocycles. The third-order valence-electron chi connectivity index (χ3n) is 5.01. The lowest BCUT2D eigenvalue weighted by molar-refractivity contribution is -0.139. The lowest BCUT2D eigenvalue weighted by atomic mass is 9.85. The quantitative estimate of drug-likeness (QED) is 0.793. The number of carbonyl (C=O) groups excluding carboxylic acids is 1. The van der Waals surface area contributed by atoms with Gasteiger partial charge in [0.1, 0.15) is 0 Å². The average molecular weight is 351 g/mol. The number of carbonyl (C=O) groups is 2. The Morgan fingerprint density at radius 1 is 1.33 bits per heavy atom. The van der Waals surface area contributed by atoms with Crippen LogP contribution in [0.4, 0.5) is 0 Å². The summed E-state index contributed by atoms with van der Waals surface area (Å²) in [5.41, 5.74) is 1.39. The fourth-order valence-corrected chi connectivity index (χ4v) is 3.44. The van der Waals surface area contributed by atoms with Gasteiger partial charge in [0.2, 0.25) is 0 Å². The van der Waals surface area contributed by atoms with E-state index in [1.807, 2.05) is 6.92 Å². The summed E-state index contributed by atoms with van der Waals surface area (Å²) in [7, 11) is 0. The van der Waals surface area contributed by atoms with Crippen molar-refractivity contribution in [3.8, 4) is 0 Å². The molecule has 1 amide bonds. The second-order valence-electron chi connectivity index (χ2n) is 6.97. The number of nitrogens with zero attached hydrogens (tertiary/aromatic N) is 1. The van der Waals surface area contributed by atoms with E-state index < -0.39 is 5.97 Å². The van der Waals surface area contributed by atoms with Crippen LogP contribution in [0.1, 0.15) is 41.6 Å². The minimum absolute atomic E-state index is 0.0925. The van der Waals surface area contributed by atoms with Crippen molar-refractivity contribution in [3.63, 3.8) is 0 Å². The molecule has 3 rings (SSSR count). The van der Waals surface area contributed by atoms with Gasteiger partial charge in [-0.05, 0) is 56.2 Å². The maximum Gasteiger partial charge on any atom is 0.317 e. The summed E-state index contributed by atoms with van der Waals surface area (Å²) in [5, 5.41) is 12.7. The van der Waals surface area contributed by atoms with Gasteiger partial charge < -0.3 is 10.4 Å². The maximum absolute atomic E-state index is 12.4. The van der Waals surface area contributed by atoms with Crippen molar-refractivity contribution in [1.29, 1.82) is 0 Å². The van der Waals surface area contributed by atoms with Crippen LogP contribution in [0.3, 0.4) is 0 Å². The molecule has 5 nitrogen and oxygen atoms in total. The molecule has 2 N–H and O–H groups in total. The number of rotatable bonds is 7. The zero-order valence-corrected chi connectivity index (χ0v) is 14.6. The highest BCUT2D eigenvalue weighted by molar-refractivity contribution is 6.31. The van der Waals surface area contributed by atoms with Crippen molar-refractivity contribution in [1.82, 2.24) is 10.2 Å². The normalized spacial score (nSPS) is 23.0. The summed E-state index contributed by atoms with van der Waals surface area (Å²) < 4.78 is 0. The molecule has 24 heavy (non-hydrogen) atoms. The smallest absolute Gasteiger partial charge is 0.317 e. The van der Waals surface area contributed by atoms with Crippen molar-refractivity contribution >= 4 is 23.5 Å². The number of hydrogen-bond acceptors (Lipinski definition) is 3. The van der Waals surface area contributed by atoms with E-state index >= 15 is 0 Å². The molecule has 2 fully saturated rings. The molecule has 2 aliphatic carbocycles. The van der Waals surface area contributed by atoms with E-state index in [1.54, 1.807) is 18.2 Å². The average Bonchev–Trinajstić information content (AvgIpc) is 3.28. The minimum atomic E-state index is -0.780. The summed E-state index contributed by atoms with van der Waals surface area (Å²) in [5.74, 6) is -0.227. The van der Waals surface area contributed by atoms with Crippen molar-refractivity contribution in [2.24, 2.45) is 5.92 Å². The van der Waals surface area contributed by atoms with Crippen LogP contribution in [0.2, 0.25) is 5.02 Å². The molecule has 0 aromatic heterocycles. The molecule has 0 bridgehead atoms. The Morgan fingerprint density at radius 2 is 2.04 bits per heavy atom. The van der Waals surface area contributed by atoms with Crippen LogP contribution in [0.15, 0.2) is 18.2 Å². The van der Waals surface area contributed by atoms with Crippen LogP contribution in [0.25, 0.3) is 0 Å². The molecule has 0 aliphatic heterocycles. The molecule has 130 valence electrons. The third-order valence-corrected chi connectivity index (χ3v) is 5.41. The first-order valence-corrected chi connectivity index (χ1v) is 8.83. The predicted octanol–water partition coefficient (Wildman–Crippen LogP) is 2.71. The Kier molecular flexibility index (Phi) is 5.11. The SMILES string of the molecule is Cc1c(Cl)cccc1C(=O)NC1CC(N(CC(=O)O)CC2CC2)C1. The monoisotopic (exact) mass is 350 g/mol. The van der Waals surface area contributed by atoms with E-state index in [0.29, 0.717) is 16.5 Å². The van der Waals surface area contributed by atoms with E-state index in [9.17, 15) is 9.59 Å². The molecule has 0 radical (unpaired) electrons. The van der Waals surface area contributed by atoms with Crippen LogP contribution in [0.5, 0.6) is 0 Å². The standard InChI is InChI=1S/C18H23ClN2O3/c1-11-15(3-2-4-16(11)19)18(24)20-13-7-14(8-13)21(10-17(22)23)9-12-5-6-12/h2-4,12-14H,5-10H2,1H3,(H,20,24)(H,22,23). The molecule has 2 saturated carbocycles. The summed E-state index contributed by atoms with van der Waals surface area (Å²) >= 11 is 6.07. The Labute approximate surface area is 147 Å². The number of carboxylic acid groups (broad SMARTS) is 1. The number of amides is 1. The number of carboxylic acids is 1. The third kappa shape index (κ3) is 4.08. The van der Waals surface area contributed by atoms with E-state index in [2.05, 4.69) is 10.2 Å². The summed E-state index contributed by atoms with van der Waals surface area (Å²) in [6.45, 7) is 2.80. The van der Waals surface area contributed by atoms with Gasteiger partial charge >= 0.3 is 5.97 Å². The van der Waals surface area contributed by atoms with E-state index in [1.165, 1.54) is 12.8 Å². The number of benzene rings is 1. The highest BCUT2D eigenvalue weighted by Crippen LogP contribution is 2.34. The van der Waals surface area contributed by atoms with E-state index in [4.69, 9.17) is 16.7 Å². The second-order valence-corrected chi connectivity index (χ2v) is 7.38. The number of nitrogens with one attached hydrogen (secondary N) is 1. The zero-order valence-electron chi connectivity index (χ0n) is 13.8. The highest BCUT2D eigenvalue weighted by Gasteiger charge is 2.37. The van der Waals surface area contributed by atoms with Crippen LogP contribution in [-0.4, -0.2) is 47.1 Å². The van der Waals surface area contributed by atoms with Gasteiger partial charge in [-0.3, -0.25) is 14.5 Å². The fourth-order valence-electron chi connectivity index (χ4n) is 3.27. The molecule has 0 unspecified atom stereocenters. The van der Waals surface area contributed by atoms with E-state index in [-0.39, 0.29) is 24.5 Å². The van der Waals surface area contributed by atoms with Gasteiger partial charge in [0.25, 0.3) is 5.91 Å². The van der Waals surface area contributed by atoms with Crippen LogP contribution < -0.4 is 5.32 Å². The summed E-state index contributed by atoms with van der Waals surface area (Å²) in [4.78, 5) is 25.5. The molecule has 0 atom stereocenters. The van der Waals surface area contributed by atoms with Gasteiger partial charge in [-0.1, -0.05) is 17.7 Å². The van der Waals surface area contributed by atoms with Crippen LogP contribution >= 0.6 is 11.6 Å². The van der Waals surface area contributed by atoms with Gasteiger partial charge in [-0.2, -0.15) is 0 Å². The minimum Gasteiger partial charge on any atom is -0.480 e. The zero-order chi connectivity index (χ0) is 17.3. The number of halogens is 1. The topological polar surface area (TPSA) is 69.6 Å². The maximum atomic E-state index is 12.4. The molecule has 1 aromatic carbocycles. The number of hydrogen-bond donors (Lipinski definition) is 2. The first-order valence-electron chi connectivity index (χ1n) is 8.46. The van der Waals surface area contributed by atoms with E-state index in [0.717, 1.165) is 24.9 Å². The van der Waals surface area contributed by atoms with Gasteiger partial charge in [0, 0.05) is 29.2 Å². The molecule has 6 heteroatoms. The van der Waals surface area contributed by atoms with Gasteiger partial charge in [-0.25, -0.2) is 0 Å². The predicted molar refractivity (Wildman–Crippen MR) is 92.4 cm³/mol. The van der Waals surface area contributed by atoms with Crippen molar-refractivity contribution in [3.05, 3.63) is 34.3 Å². The Morgan fingerprint density at radius 3 is 2.67 bits per heavy atom. The van der Waals surface area contributed by atoms with Gasteiger partial charge in [0.15, 0.2) is 0 Å². The molecule has 1 aromatic rings. The Balaban J connectivity index is 1.52. The molecular formula is C18H23ClN2O3. The lowest BCUT2D eigenvalue weighted by Gasteiger charge is -2.42. The molecule has 2 aliphatic rings. The fraction of sp³-hybridized carbons (Fsp3) is 0.556. The van der Waals surface area contributed by atoms with Crippen LogP contribution in [-0.2, 0) is 4.79 Å². The van der Waals surface area contributed by atoms with Gasteiger partial charge in [0.05, 0.1) is 6.54 Å². The first kappa shape index (κ1) is 17.2. The first-order chi connectivity index (χ1) is 11.4. The Bertz CT molecular complexity index is 639. The van der Waals surface area contributed by atoms with Crippen molar-refractivity contribution < 1.29 is 14.7 Å². The second kappa shape index (κ2) is 7.11. The van der Waals surface area contributed by atoms with Crippen LogP contribution in [0, 0.1) is 12.8 Å². The summed E-state index contributed by atoms with van der Waals surface area (Å²) in [6, 6.07) is 5.69. The molecule has 0 spiro atoms. The molecule has 0 heterocycles. The largest absolute Gasteiger partial charge is 0.480 e. The van der Waals surface area contributed by atoms with Crippen molar-refractivity contribution in [2.45, 2.75) is 44.7 Å². The van der Waals surface area contributed by atoms with Gasteiger partial charge in [-0.15, -0.1) is 0 Å². The lowest BCUT2D eigenvalue weighted by Crippen LogP contribution is -2.55. The highest BCUT2D eigenvalue weighted by atomic mass is 35.5. The van der Waals surface area contributed by atoms with Crippen molar-refractivity contribution in [2.75, 3.05) is 13.1 Å². The Hall–Kier alpha value is -1.59. The summed E-state index contributed by atoms with van der Waals surface area (Å²) in [6.07, 6.45) is 4.03. The molecular weight excluding hydrogens is 328 g/mol.